The number of nitrogens with zero attached hydrogens (tertiary/aromatic N) is 1. The summed E-state index contributed by atoms with van der Waals surface area (Å²) in [6.45, 7) is 12.4. The molecule has 2 N–H and O–H groups in total. The summed E-state index contributed by atoms with van der Waals surface area (Å²) in [5.74, 6) is -1.79. The van der Waals surface area contributed by atoms with Crippen LogP contribution in [0.3, 0.4) is 0 Å². The van der Waals surface area contributed by atoms with Crippen molar-refractivity contribution in [2.24, 2.45) is 0 Å². The molecule has 8 nitrogen and oxygen atoms in total. The third-order valence-corrected chi connectivity index (χ3v) is 4.92. The van der Waals surface area contributed by atoms with Crippen LogP contribution in [-0.4, -0.2) is 46.7 Å². The number of carbonyl (C=O) groups is 3. The molecule has 170 valence electrons. The zero-order valence-electron chi connectivity index (χ0n) is 18.7. The zero-order valence-corrected chi connectivity index (χ0v) is 18.7. The van der Waals surface area contributed by atoms with Gasteiger partial charge in [0.1, 0.15) is 16.9 Å². The van der Waals surface area contributed by atoms with Crippen LogP contribution in [-0.2, 0) is 9.53 Å². The normalized spacial score (nSPS) is 14.0. The summed E-state index contributed by atoms with van der Waals surface area (Å²) in [6.07, 6.45) is 2.64. The average Bonchev–Trinajstić information content (AvgIpc) is 2.73. The van der Waals surface area contributed by atoms with Crippen LogP contribution in [0.15, 0.2) is 49.6 Å². The van der Waals surface area contributed by atoms with Crippen LogP contribution in [0.1, 0.15) is 49.2 Å². The standard InChI is InChI=1S/C24H28N2O6/c1-7-9-17(24(8-2,21(28)29)26-22(30)32-23(3,4)5)18-12-11-16-15(14-27)10-13-19(31-6)20(16)25-18/h7-8,10-14,17H,1-2,9H2,3-6H3,(H,26,30)(H,28,29)/t17-,24+/m1/s1. The van der Waals surface area contributed by atoms with Gasteiger partial charge in [-0.25, -0.2) is 14.6 Å². The van der Waals surface area contributed by atoms with Gasteiger partial charge < -0.3 is 19.9 Å². The Balaban J connectivity index is 2.69. The monoisotopic (exact) mass is 440 g/mol. The molecule has 0 radical (unpaired) electrons. The third kappa shape index (κ3) is 4.96. The highest BCUT2D eigenvalue weighted by molar-refractivity contribution is 5.99. The maximum absolute atomic E-state index is 12.5. The number of hydrogen-bond donors (Lipinski definition) is 2. The number of rotatable bonds is 9. The molecule has 1 aromatic heterocycles. The maximum atomic E-state index is 12.5. The van der Waals surface area contributed by atoms with E-state index >= 15 is 0 Å². The van der Waals surface area contributed by atoms with E-state index in [1.807, 2.05) is 0 Å². The van der Waals surface area contributed by atoms with Gasteiger partial charge in [0.15, 0.2) is 11.8 Å². The second kappa shape index (κ2) is 9.64. The van der Waals surface area contributed by atoms with E-state index in [0.29, 0.717) is 34.2 Å². The Labute approximate surface area is 186 Å². The van der Waals surface area contributed by atoms with Gasteiger partial charge in [-0.3, -0.25) is 4.79 Å². The van der Waals surface area contributed by atoms with E-state index in [1.165, 1.54) is 13.2 Å². The molecule has 0 aliphatic rings. The smallest absolute Gasteiger partial charge is 0.408 e. The van der Waals surface area contributed by atoms with Gasteiger partial charge in [-0.15, -0.1) is 13.2 Å². The van der Waals surface area contributed by atoms with E-state index in [2.05, 4.69) is 23.5 Å². The molecule has 1 aromatic carbocycles. The number of ether oxygens (including phenoxy) is 2. The highest BCUT2D eigenvalue weighted by Gasteiger charge is 2.46. The van der Waals surface area contributed by atoms with Gasteiger partial charge in [-0.05, 0) is 45.4 Å². The summed E-state index contributed by atoms with van der Waals surface area (Å²) in [5, 5.41) is 13.2. The second-order valence-corrected chi connectivity index (χ2v) is 8.19. The fourth-order valence-corrected chi connectivity index (χ4v) is 3.44. The molecule has 8 heteroatoms. The summed E-state index contributed by atoms with van der Waals surface area (Å²) >= 11 is 0. The van der Waals surface area contributed by atoms with Gasteiger partial charge in [-0.1, -0.05) is 18.2 Å². The molecule has 0 bridgehead atoms. The molecule has 0 aliphatic carbocycles. The van der Waals surface area contributed by atoms with Crippen LogP contribution in [0.4, 0.5) is 4.79 Å². The molecule has 2 rings (SSSR count). The highest BCUT2D eigenvalue weighted by atomic mass is 16.6. The SMILES string of the molecule is C=CC[C@H](c1ccc2c(C=O)ccc(OC)c2n1)[C@](C=C)(NC(=O)OC(C)(C)C)C(=O)O. The molecule has 0 fully saturated rings. The Bertz CT molecular complexity index is 1060. The van der Waals surface area contributed by atoms with Crippen molar-refractivity contribution in [3.63, 3.8) is 0 Å². The lowest BCUT2D eigenvalue weighted by molar-refractivity contribution is -0.143. The van der Waals surface area contributed by atoms with Gasteiger partial charge >= 0.3 is 12.1 Å². The Morgan fingerprint density at radius 3 is 2.41 bits per heavy atom. The number of carbonyl (C=O) groups excluding carboxylic acids is 2. The van der Waals surface area contributed by atoms with E-state index in [9.17, 15) is 19.5 Å². The van der Waals surface area contributed by atoms with Crippen molar-refractivity contribution in [2.75, 3.05) is 7.11 Å². The van der Waals surface area contributed by atoms with Crippen molar-refractivity contribution < 1.29 is 29.0 Å². The van der Waals surface area contributed by atoms with Crippen molar-refractivity contribution in [2.45, 2.75) is 44.2 Å². The molecule has 32 heavy (non-hydrogen) atoms. The first-order chi connectivity index (χ1) is 15.0. The number of aromatic nitrogens is 1. The van der Waals surface area contributed by atoms with E-state index in [-0.39, 0.29) is 6.42 Å². The molecule has 1 amide bonds. The minimum Gasteiger partial charge on any atom is -0.494 e. The number of alkyl carbamates (subject to hydrolysis) is 1. The molecular weight excluding hydrogens is 412 g/mol. The molecular formula is C24H28N2O6. The van der Waals surface area contributed by atoms with Crippen molar-refractivity contribution in [1.29, 1.82) is 0 Å². The Kier molecular flexibility index (Phi) is 7.40. The summed E-state index contributed by atoms with van der Waals surface area (Å²) in [7, 11) is 1.47. The highest BCUT2D eigenvalue weighted by Crippen LogP contribution is 2.36. The zero-order chi connectivity index (χ0) is 24.1. The number of hydrogen-bond acceptors (Lipinski definition) is 6. The van der Waals surface area contributed by atoms with Crippen molar-refractivity contribution in [3.05, 3.63) is 60.8 Å². The van der Waals surface area contributed by atoms with Crippen molar-refractivity contribution >= 4 is 29.3 Å². The molecule has 0 aliphatic heterocycles. The van der Waals surface area contributed by atoms with E-state index in [1.54, 1.807) is 45.0 Å². The Morgan fingerprint density at radius 2 is 1.91 bits per heavy atom. The predicted molar refractivity (Wildman–Crippen MR) is 121 cm³/mol. The number of methoxy groups -OCH3 is 1. The minimum atomic E-state index is -1.94. The molecule has 2 atom stereocenters. The van der Waals surface area contributed by atoms with E-state index in [4.69, 9.17) is 9.47 Å². The third-order valence-electron chi connectivity index (χ3n) is 4.92. The Hall–Kier alpha value is -3.68. The summed E-state index contributed by atoms with van der Waals surface area (Å²) in [6, 6.07) is 6.51. The lowest BCUT2D eigenvalue weighted by atomic mass is 9.79. The second-order valence-electron chi connectivity index (χ2n) is 8.19. The first-order valence-corrected chi connectivity index (χ1v) is 9.94. The summed E-state index contributed by atoms with van der Waals surface area (Å²) < 4.78 is 10.7. The molecule has 0 saturated heterocycles. The topological polar surface area (TPSA) is 115 Å². The lowest BCUT2D eigenvalue weighted by Gasteiger charge is -2.35. The largest absolute Gasteiger partial charge is 0.494 e. The molecule has 1 heterocycles. The van der Waals surface area contributed by atoms with Gasteiger partial charge in [-0.2, -0.15) is 0 Å². The quantitative estimate of drug-likeness (QED) is 0.442. The predicted octanol–water partition coefficient (Wildman–Crippen LogP) is 4.25. The number of benzene rings is 1. The molecule has 2 aromatic rings. The van der Waals surface area contributed by atoms with Crippen LogP contribution in [0.5, 0.6) is 5.75 Å². The minimum absolute atomic E-state index is 0.155. The van der Waals surface area contributed by atoms with Crippen LogP contribution in [0.2, 0.25) is 0 Å². The molecule has 0 saturated carbocycles. The number of carboxylic acid groups (broad SMARTS) is 1. The number of fused-ring (bicyclic) bond motifs is 1. The van der Waals surface area contributed by atoms with Crippen molar-refractivity contribution in [1.82, 2.24) is 10.3 Å². The first kappa shape index (κ1) is 24.6. The fourth-order valence-electron chi connectivity index (χ4n) is 3.44. The van der Waals surface area contributed by atoms with Crippen LogP contribution in [0.25, 0.3) is 10.9 Å². The number of carboxylic acids is 1. The van der Waals surface area contributed by atoms with Crippen LogP contribution in [0, 0.1) is 0 Å². The van der Waals surface area contributed by atoms with Crippen LogP contribution < -0.4 is 10.1 Å². The maximum Gasteiger partial charge on any atom is 0.408 e. The number of aliphatic carboxylic acids is 1. The average molecular weight is 440 g/mol. The van der Waals surface area contributed by atoms with Gasteiger partial charge in [0, 0.05) is 22.6 Å². The number of pyridine rings is 1. The summed E-state index contributed by atoms with van der Waals surface area (Å²) in [5.41, 5.74) is -1.61. The van der Waals surface area contributed by atoms with Crippen LogP contribution >= 0.6 is 0 Å². The first-order valence-electron chi connectivity index (χ1n) is 9.94. The lowest BCUT2D eigenvalue weighted by Crippen LogP contribution is -2.58. The van der Waals surface area contributed by atoms with Gasteiger partial charge in [0.2, 0.25) is 0 Å². The fraction of sp³-hybridized carbons (Fsp3) is 0.333. The van der Waals surface area contributed by atoms with Gasteiger partial charge in [0.05, 0.1) is 7.11 Å². The Morgan fingerprint density at radius 1 is 1.22 bits per heavy atom. The van der Waals surface area contributed by atoms with Crippen molar-refractivity contribution in [3.8, 4) is 5.75 Å². The number of nitrogens with one attached hydrogen (secondary N) is 1. The van der Waals surface area contributed by atoms with E-state index in [0.717, 1.165) is 6.08 Å². The van der Waals surface area contributed by atoms with E-state index < -0.39 is 29.1 Å². The number of allylic oxidation sites excluding steroid dienone is 1. The summed E-state index contributed by atoms with van der Waals surface area (Å²) in [4.78, 5) is 41.0. The molecule has 0 unspecified atom stereocenters. The number of amides is 1. The number of aldehydes is 1. The van der Waals surface area contributed by atoms with Gasteiger partial charge in [0.25, 0.3) is 0 Å². The molecule has 0 spiro atoms.